The lowest BCUT2D eigenvalue weighted by Crippen LogP contribution is -2.22. The van der Waals surface area contributed by atoms with Crippen LogP contribution in [0.25, 0.3) is 22.3 Å². The molecule has 4 aromatic rings. The first kappa shape index (κ1) is 23.4. The first-order chi connectivity index (χ1) is 16.2. The Kier molecular flexibility index (Phi) is 6.37. The highest BCUT2D eigenvalue weighted by atomic mass is 32.2. The molecular formula is C26H23NO6S. The Hall–Kier alpha value is -3.75. The van der Waals surface area contributed by atoms with Crippen molar-refractivity contribution >= 4 is 27.0 Å². The third-order valence-corrected chi connectivity index (χ3v) is 7.26. The average molecular weight is 478 g/mol. The molecule has 0 saturated carbocycles. The molecule has 0 fully saturated rings. The molecule has 34 heavy (non-hydrogen) atoms. The highest BCUT2D eigenvalue weighted by Gasteiger charge is 2.20. The summed E-state index contributed by atoms with van der Waals surface area (Å²) in [4.78, 5) is 26.0. The van der Waals surface area contributed by atoms with Crippen LogP contribution < -0.4 is 5.43 Å². The van der Waals surface area contributed by atoms with Crippen LogP contribution in [0, 0.1) is 6.92 Å². The minimum atomic E-state index is -3.62. The van der Waals surface area contributed by atoms with Crippen LogP contribution in [0.2, 0.25) is 0 Å². The van der Waals surface area contributed by atoms with Crippen LogP contribution in [0.3, 0.4) is 0 Å². The van der Waals surface area contributed by atoms with E-state index >= 15 is 0 Å². The van der Waals surface area contributed by atoms with Crippen LogP contribution in [0.4, 0.5) is 0 Å². The van der Waals surface area contributed by atoms with Gasteiger partial charge in [-0.15, -0.1) is 0 Å². The number of esters is 1. The molecule has 1 heterocycles. The molecule has 0 atom stereocenters. The van der Waals surface area contributed by atoms with Crippen molar-refractivity contribution in [2.24, 2.45) is 0 Å². The van der Waals surface area contributed by atoms with E-state index in [-0.39, 0.29) is 33.5 Å². The minimum Gasteiger partial charge on any atom is -0.457 e. The van der Waals surface area contributed by atoms with Crippen LogP contribution in [0.5, 0.6) is 0 Å². The molecule has 0 aliphatic rings. The van der Waals surface area contributed by atoms with Gasteiger partial charge in [-0.05, 0) is 36.8 Å². The number of fused-ring (bicyclic) bond motifs is 1. The largest absolute Gasteiger partial charge is 0.457 e. The van der Waals surface area contributed by atoms with Gasteiger partial charge in [0.1, 0.15) is 17.9 Å². The van der Waals surface area contributed by atoms with Crippen molar-refractivity contribution < 1.29 is 22.4 Å². The average Bonchev–Trinajstić information content (AvgIpc) is 2.85. The van der Waals surface area contributed by atoms with Crippen LogP contribution in [0.1, 0.15) is 21.5 Å². The molecule has 174 valence electrons. The van der Waals surface area contributed by atoms with E-state index in [9.17, 15) is 18.0 Å². The van der Waals surface area contributed by atoms with E-state index in [0.717, 1.165) is 9.87 Å². The lowest BCUT2D eigenvalue weighted by atomic mass is 10.0. The molecule has 0 radical (unpaired) electrons. The normalized spacial score (nSPS) is 11.6. The number of benzene rings is 3. The summed E-state index contributed by atoms with van der Waals surface area (Å²) in [6.45, 7) is 1.54. The lowest BCUT2D eigenvalue weighted by Gasteiger charge is -2.13. The first-order valence-electron chi connectivity index (χ1n) is 10.5. The number of nitrogens with zero attached hydrogens (tertiary/aromatic N) is 1. The van der Waals surface area contributed by atoms with Crippen molar-refractivity contribution in [1.82, 2.24) is 4.31 Å². The van der Waals surface area contributed by atoms with Gasteiger partial charge in [-0.1, -0.05) is 48.5 Å². The second-order valence-electron chi connectivity index (χ2n) is 7.94. The fourth-order valence-corrected chi connectivity index (χ4v) is 4.54. The number of sulfonamides is 1. The third-order valence-electron chi connectivity index (χ3n) is 5.45. The predicted octanol–water partition coefficient (Wildman–Crippen LogP) is 4.38. The molecule has 0 unspecified atom stereocenters. The zero-order chi connectivity index (χ0) is 24.5. The summed E-state index contributed by atoms with van der Waals surface area (Å²) >= 11 is 0. The van der Waals surface area contributed by atoms with E-state index in [1.54, 1.807) is 31.2 Å². The van der Waals surface area contributed by atoms with Crippen molar-refractivity contribution in [3.8, 4) is 11.3 Å². The summed E-state index contributed by atoms with van der Waals surface area (Å²) in [5.74, 6) is -0.294. The summed E-state index contributed by atoms with van der Waals surface area (Å²) in [6, 6.07) is 20.1. The van der Waals surface area contributed by atoms with E-state index < -0.39 is 16.0 Å². The van der Waals surface area contributed by atoms with Crippen molar-refractivity contribution in [2.45, 2.75) is 18.4 Å². The molecule has 0 spiro atoms. The van der Waals surface area contributed by atoms with Crippen molar-refractivity contribution in [1.29, 1.82) is 0 Å². The molecule has 7 nitrogen and oxygen atoms in total. The molecule has 0 bridgehead atoms. The molecular weight excluding hydrogens is 454 g/mol. The molecule has 0 amide bonds. The predicted molar refractivity (Wildman–Crippen MR) is 129 cm³/mol. The van der Waals surface area contributed by atoms with Gasteiger partial charge in [-0.3, -0.25) is 4.79 Å². The topological polar surface area (TPSA) is 93.9 Å². The van der Waals surface area contributed by atoms with E-state index in [1.165, 1.54) is 32.3 Å². The molecule has 4 rings (SSSR count). The van der Waals surface area contributed by atoms with Gasteiger partial charge in [-0.2, -0.15) is 0 Å². The summed E-state index contributed by atoms with van der Waals surface area (Å²) in [5, 5.41) is 0.283. The van der Waals surface area contributed by atoms with Gasteiger partial charge in [0, 0.05) is 25.2 Å². The van der Waals surface area contributed by atoms with Gasteiger partial charge in [0.2, 0.25) is 10.0 Å². The summed E-state index contributed by atoms with van der Waals surface area (Å²) in [7, 11) is -0.723. The SMILES string of the molecule is Cc1c(-c2ccccc2)oc2c(C(=O)OCc3cccc(S(=O)(=O)N(C)C)c3)cccc2c1=O. The van der Waals surface area contributed by atoms with E-state index in [2.05, 4.69) is 0 Å². The van der Waals surface area contributed by atoms with E-state index in [4.69, 9.17) is 9.15 Å². The molecule has 3 aromatic carbocycles. The Balaban J connectivity index is 1.68. The van der Waals surface area contributed by atoms with Crippen LogP contribution in [0.15, 0.2) is 86.9 Å². The number of hydrogen-bond acceptors (Lipinski definition) is 6. The number of carbonyl (C=O) groups is 1. The summed E-state index contributed by atoms with van der Waals surface area (Å²) in [5.41, 5.74) is 1.72. The Morgan fingerprint density at radius 3 is 2.38 bits per heavy atom. The fourth-order valence-electron chi connectivity index (χ4n) is 3.57. The van der Waals surface area contributed by atoms with Crippen molar-refractivity contribution in [2.75, 3.05) is 14.1 Å². The molecule has 1 aromatic heterocycles. The second-order valence-corrected chi connectivity index (χ2v) is 10.1. The fraction of sp³-hybridized carbons (Fsp3) is 0.154. The highest BCUT2D eigenvalue weighted by Crippen LogP contribution is 2.27. The van der Waals surface area contributed by atoms with E-state index in [0.29, 0.717) is 16.9 Å². The number of para-hydroxylation sites is 1. The van der Waals surface area contributed by atoms with Gasteiger partial charge < -0.3 is 9.15 Å². The molecule has 0 aliphatic carbocycles. The number of rotatable bonds is 6. The molecule has 0 aliphatic heterocycles. The maximum atomic E-state index is 13.0. The molecule has 8 heteroatoms. The van der Waals surface area contributed by atoms with Gasteiger partial charge >= 0.3 is 5.97 Å². The van der Waals surface area contributed by atoms with E-state index in [1.807, 2.05) is 30.3 Å². The highest BCUT2D eigenvalue weighted by molar-refractivity contribution is 7.89. The van der Waals surface area contributed by atoms with Gasteiger partial charge in [-0.25, -0.2) is 17.5 Å². The van der Waals surface area contributed by atoms with Gasteiger partial charge in [0.15, 0.2) is 11.0 Å². The number of carbonyl (C=O) groups excluding carboxylic acids is 1. The van der Waals surface area contributed by atoms with Crippen LogP contribution in [-0.4, -0.2) is 32.8 Å². The van der Waals surface area contributed by atoms with Gasteiger partial charge in [0.05, 0.1) is 10.3 Å². The number of hydrogen-bond donors (Lipinski definition) is 0. The first-order valence-corrected chi connectivity index (χ1v) is 11.9. The lowest BCUT2D eigenvalue weighted by molar-refractivity contribution is 0.0473. The Labute approximate surface area is 197 Å². The zero-order valence-corrected chi connectivity index (χ0v) is 19.8. The van der Waals surface area contributed by atoms with Crippen LogP contribution >= 0.6 is 0 Å². The zero-order valence-electron chi connectivity index (χ0n) is 18.9. The Morgan fingerprint density at radius 1 is 0.971 bits per heavy atom. The third kappa shape index (κ3) is 4.37. The van der Waals surface area contributed by atoms with Crippen LogP contribution in [-0.2, 0) is 21.4 Å². The maximum absolute atomic E-state index is 13.0. The Morgan fingerprint density at radius 2 is 1.68 bits per heavy atom. The summed E-state index contributed by atoms with van der Waals surface area (Å²) < 4.78 is 37.4. The smallest absolute Gasteiger partial charge is 0.342 e. The molecule has 0 saturated heterocycles. The van der Waals surface area contributed by atoms with Gasteiger partial charge in [0.25, 0.3) is 0 Å². The minimum absolute atomic E-state index is 0.102. The standard InChI is InChI=1S/C26H23NO6S/c1-17-23(28)21-13-8-14-22(25(21)33-24(17)19-10-5-4-6-11-19)26(29)32-16-18-9-7-12-20(15-18)34(30,31)27(2)3/h4-15H,16H2,1-3H3. The number of ether oxygens (including phenoxy) is 1. The van der Waals surface area contributed by atoms with Crippen molar-refractivity contribution in [3.63, 3.8) is 0 Å². The maximum Gasteiger partial charge on any atom is 0.342 e. The molecule has 0 N–H and O–H groups in total. The monoisotopic (exact) mass is 477 g/mol. The summed E-state index contributed by atoms with van der Waals surface area (Å²) in [6.07, 6.45) is 0. The second kappa shape index (κ2) is 9.24. The van der Waals surface area contributed by atoms with Crippen molar-refractivity contribution in [3.05, 3.63) is 99.7 Å². The quantitative estimate of drug-likeness (QED) is 0.383. The Bertz CT molecular complexity index is 1540.